The van der Waals surface area contributed by atoms with Gasteiger partial charge in [0.15, 0.2) is 0 Å². The van der Waals surface area contributed by atoms with Gasteiger partial charge in [0.05, 0.1) is 5.92 Å². The summed E-state index contributed by atoms with van der Waals surface area (Å²) in [5.74, 6) is -1.43. The molecule has 1 atom stereocenters. The molecule has 0 fully saturated rings. The Morgan fingerprint density at radius 3 is 2.62 bits per heavy atom. The van der Waals surface area contributed by atoms with Gasteiger partial charge >= 0.3 is 12.0 Å². The highest BCUT2D eigenvalue weighted by Gasteiger charge is 2.17. The summed E-state index contributed by atoms with van der Waals surface area (Å²) in [7, 11) is 3.84. The van der Waals surface area contributed by atoms with Gasteiger partial charge in [-0.2, -0.15) is 0 Å². The zero-order valence-corrected chi connectivity index (χ0v) is 12.7. The van der Waals surface area contributed by atoms with Gasteiger partial charge in [0.25, 0.3) is 0 Å². The first-order valence-corrected chi connectivity index (χ1v) is 6.99. The molecule has 0 aromatic heterocycles. The number of rotatable bonds is 7. The number of urea groups is 1. The molecular weight excluding hydrogens is 270 g/mol. The van der Waals surface area contributed by atoms with Crippen LogP contribution >= 0.6 is 0 Å². The summed E-state index contributed by atoms with van der Waals surface area (Å²) in [4.78, 5) is 24.7. The lowest BCUT2D eigenvalue weighted by molar-refractivity contribution is -0.141. The minimum absolute atomic E-state index is 0.127. The van der Waals surface area contributed by atoms with Crippen LogP contribution in [-0.4, -0.2) is 37.7 Å². The summed E-state index contributed by atoms with van der Waals surface area (Å²) in [6, 6.07) is 7.02. The van der Waals surface area contributed by atoms with Crippen LogP contribution in [0.2, 0.25) is 0 Å². The van der Waals surface area contributed by atoms with Gasteiger partial charge in [0.2, 0.25) is 0 Å². The van der Waals surface area contributed by atoms with Crippen LogP contribution in [0.25, 0.3) is 0 Å². The van der Waals surface area contributed by atoms with E-state index >= 15 is 0 Å². The number of carboxylic acid groups (broad SMARTS) is 1. The van der Waals surface area contributed by atoms with Gasteiger partial charge in [0, 0.05) is 32.0 Å². The third kappa shape index (κ3) is 5.72. The minimum Gasteiger partial charge on any atom is -0.481 e. The molecule has 0 radical (unpaired) electrons. The molecule has 116 valence electrons. The highest BCUT2D eigenvalue weighted by molar-refractivity contribution is 5.90. The second-order valence-corrected chi connectivity index (χ2v) is 5.10. The van der Waals surface area contributed by atoms with Gasteiger partial charge in [-0.1, -0.05) is 19.4 Å². The van der Waals surface area contributed by atoms with E-state index in [4.69, 9.17) is 5.11 Å². The van der Waals surface area contributed by atoms with Gasteiger partial charge in [0.1, 0.15) is 0 Å². The molecule has 0 aliphatic heterocycles. The number of amides is 2. The third-order valence-electron chi connectivity index (χ3n) is 3.12. The molecule has 6 heteroatoms. The molecule has 0 heterocycles. The summed E-state index contributed by atoms with van der Waals surface area (Å²) in [5.41, 5.74) is 1.64. The third-order valence-corrected chi connectivity index (χ3v) is 3.12. The standard InChI is InChI=1S/C15H23N3O3/c1-4-6-11(14(19)20)10-16-15(21)17-12-7-5-8-13(9-12)18(2)3/h5,7-9,11H,4,6,10H2,1-3H3,(H,19,20)(H2,16,17,21). The predicted molar refractivity (Wildman–Crippen MR) is 83.8 cm³/mol. The summed E-state index contributed by atoms with van der Waals surface area (Å²) < 4.78 is 0. The van der Waals surface area contributed by atoms with Crippen LogP contribution in [0.15, 0.2) is 24.3 Å². The number of anilines is 2. The number of hydrogen-bond acceptors (Lipinski definition) is 3. The van der Waals surface area contributed by atoms with Crippen molar-refractivity contribution in [3.8, 4) is 0 Å². The van der Waals surface area contributed by atoms with E-state index in [0.29, 0.717) is 12.1 Å². The maximum atomic E-state index is 11.8. The Bertz CT molecular complexity index is 489. The van der Waals surface area contributed by atoms with Crippen molar-refractivity contribution in [2.24, 2.45) is 5.92 Å². The number of nitrogens with zero attached hydrogens (tertiary/aromatic N) is 1. The van der Waals surface area contributed by atoms with Crippen LogP contribution in [-0.2, 0) is 4.79 Å². The van der Waals surface area contributed by atoms with E-state index in [1.165, 1.54) is 0 Å². The van der Waals surface area contributed by atoms with Crippen molar-refractivity contribution >= 4 is 23.4 Å². The molecule has 6 nitrogen and oxygen atoms in total. The van der Waals surface area contributed by atoms with E-state index in [1.54, 1.807) is 6.07 Å². The van der Waals surface area contributed by atoms with Crippen molar-refractivity contribution in [2.75, 3.05) is 30.9 Å². The summed E-state index contributed by atoms with van der Waals surface area (Å²) in [6.45, 7) is 2.05. The number of carboxylic acids is 1. The molecule has 0 saturated heterocycles. The summed E-state index contributed by atoms with van der Waals surface area (Å²) in [5, 5.41) is 14.3. The molecular formula is C15H23N3O3. The topological polar surface area (TPSA) is 81.7 Å². The van der Waals surface area contributed by atoms with E-state index in [1.807, 2.05) is 44.1 Å². The van der Waals surface area contributed by atoms with Crippen LogP contribution in [0.1, 0.15) is 19.8 Å². The van der Waals surface area contributed by atoms with Crippen molar-refractivity contribution in [1.29, 1.82) is 0 Å². The van der Waals surface area contributed by atoms with E-state index < -0.39 is 17.9 Å². The summed E-state index contributed by atoms with van der Waals surface area (Å²) >= 11 is 0. The Labute approximate surface area is 125 Å². The highest BCUT2D eigenvalue weighted by Crippen LogP contribution is 2.17. The molecule has 1 rings (SSSR count). The second kappa shape index (κ2) is 8.14. The van der Waals surface area contributed by atoms with Gasteiger partial charge < -0.3 is 20.6 Å². The summed E-state index contributed by atoms with van der Waals surface area (Å²) in [6.07, 6.45) is 1.32. The molecule has 1 aromatic carbocycles. The maximum absolute atomic E-state index is 11.8. The Kier molecular flexibility index (Phi) is 6.52. The number of benzene rings is 1. The average molecular weight is 293 g/mol. The van der Waals surface area contributed by atoms with Crippen LogP contribution in [0.3, 0.4) is 0 Å². The molecule has 0 saturated carbocycles. The number of nitrogens with one attached hydrogen (secondary N) is 2. The molecule has 0 bridgehead atoms. The molecule has 3 N–H and O–H groups in total. The minimum atomic E-state index is -0.883. The first kappa shape index (κ1) is 16.8. The first-order chi connectivity index (χ1) is 9.93. The van der Waals surface area contributed by atoms with Crippen molar-refractivity contribution in [3.05, 3.63) is 24.3 Å². The lowest BCUT2D eigenvalue weighted by atomic mass is 10.0. The van der Waals surface area contributed by atoms with Crippen molar-refractivity contribution in [2.45, 2.75) is 19.8 Å². The van der Waals surface area contributed by atoms with Crippen LogP contribution in [0, 0.1) is 5.92 Å². The van der Waals surface area contributed by atoms with Gasteiger partial charge in [-0.3, -0.25) is 4.79 Å². The zero-order chi connectivity index (χ0) is 15.8. The molecule has 2 amide bonds. The van der Waals surface area contributed by atoms with Gasteiger partial charge in [-0.15, -0.1) is 0 Å². The zero-order valence-electron chi connectivity index (χ0n) is 12.7. The van der Waals surface area contributed by atoms with Gasteiger partial charge in [-0.05, 0) is 24.6 Å². The van der Waals surface area contributed by atoms with Crippen LogP contribution < -0.4 is 15.5 Å². The quantitative estimate of drug-likeness (QED) is 0.721. The van der Waals surface area contributed by atoms with Crippen molar-refractivity contribution in [3.63, 3.8) is 0 Å². The lowest BCUT2D eigenvalue weighted by Gasteiger charge is -2.15. The molecule has 0 aliphatic carbocycles. The Morgan fingerprint density at radius 1 is 1.33 bits per heavy atom. The molecule has 0 aliphatic rings. The predicted octanol–water partition coefficient (Wildman–Crippen LogP) is 2.38. The number of carbonyl (C=O) groups excluding carboxylic acids is 1. The average Bonchev–Trinajstić information content (AvgIpc) is 2.43. The fraction of sp³-hybridized carbons (Fsp3) is 0.467. The fourth-order valence-corrected chi connectivity index (χ4v) is 1.91. The molecule has 0 spiro atoms. The second-order valence-electron chi connectivity index (χ2n) is 5.10. The van der Waals surface area contributed by atoms with E-state index in [0.717, 1.165) is 12.1 Å². The molecule has 21 heavy (non-hydrogen) atoms. The number of aliphatic carboxylic acids is 1. The Balaban J connectivity index is 2.53. The molecule has 1 aromatic rings. The van der Waals surface area contributed by atoms with E-state index in [9.17, 15) is 9.59 Å². The van der Waals surface area contributed by atoms with Crippen molar-refractivity contribution < 1.29 is 14.7 Å². The Hall–Kier alpha value is -2.24. The smallest absolute Gasteiger partial charge is 0.319 e. The van der Waals surface area contributed by atoms with Crippen LogP contribution in [0.4, 0.5) is 16.2 Å². The van der Waals surface area contributed by atoms with E-state index in [2.05, 4.69) is 10.6 Å². The SMILES string of the molecule is CCCC(CNC(=O)Nc1cccc(N(C)C)c1)C(=O)O. The molecule has 1 unspecified atom stereocenters. The number of hydrogen-bond donors (Lipinski definition) is 3. The van der Waals surface area contributed by atoms with Gasteiger partial charge in [-0.25, -0.2) is 4.79 Å². The fourth-order valence-electron chi connectivity index (χ4n) is 1.91. The van der Waals surface area contributed by atoms with Crippen LogP contribution in [0.5, 0.6) is 0 Å². The van der Waals surface area contributed by atoms with E-state index in [-0.39, 0.29) is 6.54 Å². The Morgan fingerprint density at radius 2 is 2.05 bits per heavy atom. The lowest BCUT2D eigenvalue weighted by Crippen LogP contribution is -2.35. The largest absolute Gasteiger partial charge is 0.481 e. The normalized spacial score (nSPS) is 11.6. The maximum Gasteiger partial charge on any atom is 0.319 e. The monoisotopic (exact) mass is 293 g/mol. The van der Waals surface area contributed by atoms with Crippen molar-refractivity contribution in [1.82, 2.24) is 5.32 Å². The highest BCUT2D eigenvalue weighted by atomic mass is 16.4. The first-order valence-electron chi connectivity index (χ1n) is 6.99. The number of carbonyl (C=O) groups is 2.